The van der Waals surface area contributed by atoms with Gasteiger partial charge in [-0.15, -0.1) is 0 Å². The molecule has 22 heavy (non-hydrogen) atoms. The molecule has 0 spiro atoms. The fraction of sp³-hybridized carbons (Fsp3) is 0.188. The molecule has 0 heterocycles. The van der Waals surface area contributed by atoms with E-state index in [0.717, 1.165) is 29.4 Å². The second-order valence-corrected chi connectivity index (χ2v) is 5.03. The molecular weight excluding hydrogens is 288 g/mol. The molecule has 116 valence electrons. The fourth-order valence-corrected chi connectivity index (χ4v) is 1.90. The summed E-state index contributed by atoms with van der Waals surface area (Å²) in [4.78, 5) is 13.7. The molecule has 0 fully saturated rings. The zero-order chi connectivity index (χ0) is 16.1. The van der Waals surface area contributed by atoms with Crippen LogP contribution in [0.15, 0.2) is 42.5 Å². The Morgan fingerprint density at radius 1 is 1.05 bits per heavy atom. The van der Waals surface area contributed by atoms with Crippen LogP contribution < -0.4 is 15.5 Å². The quantitative estimate of drug-likeness (QED) is 0.910. The maximum absolute atomic E-state index is 13.0. The Hall–Kier alpha value is -2.63. The first-order valence-electron chi connectivity index (χ1n) is 6.71. The number of nitrogens with one attached hydrogen (secondary N) is 2. The summed E-state index contributed by atoms with van der Waals surface area (Å²) in [6.45, 7) is 0.317. The highest BCUT2D eigenvalue weighted by Gasteiger charge is 2.05. The summed E-state index contributed by atoms with van der Waals surface area (Å²) in [6, 6.07) is 10.0. The molecule has 2 rings (SSSR count). The third-order valence-corrected chi connectivity index (χ3v) is 3.03. The number of anilines is 2. The van der Waals surface area contributed by atoms with E-state index in [-0.39, 0.29) is 5.69 Å². The first-order valence-corrected chi connectivity index (χ1v) is 6.71. The molecule has 2 aromatic carbocycles. The van der Waals surface area contributed by atoms with Gasteiger partial charge in [0.05, 0.1) is 0 Å². The van der Waals surface area contributed by atoms with E-state index in [1.165, 1.54) is 0 Å². The monoisotopic (exact) mass is 305 g/mol. The van der Waals surface area contributed by atoms with Gasteiger partial charge in [0, 0.05) is 38.1 Å². The predicted octanol–water partition coefficient (Wildman–Crippen LogP) is 3.35. The molecule has 0 aliphatic rings. The van der Waals surface area contributed by atoms with E-state index in [4.69, 9.17) is 0 Å². The van der Waals surface area contributed by atoms with E-state index in [1.54, 1.807) is 0 Å². The van der Waals surface area contributed by atoms with E-state index in [9.17, 15) is 13.6 Å². The number of urea groups is 1. The summed E-state index contributed by atoms with van der Waals surface area (Å²) in [5.41, 5.74) is 2.05. The number of rotatable bonds is 4. The van der Waals surface area contributed by atoms with Crippen molar-refractivity contribution >= 4 is 17.4 Å². The van der Waals surface area contributed by atoms with E-state index in [0.29, 0.717) is 6.54 Å². The van der Waals surface area contributed by atoms with Crippen molar-refractivity contribution in [2.24, 2.45) is 0 Å². The maximum atomic E-state index is 13.0. The van der Waals surface area contributed by atoms with E-state index in [1.807, 2.05) is 43.3 Å². The van der Waals surface area contributed by atoms with Crippen molar-refractivity contribution < 1.29 is 13.6 Å². The second kappa shape index (κ2) is 6.89. The molecule has 4 nitrogen and oxygen atoms in total. The molecule has 2 N–H and O–H groups in total. The Bertz CT molecular complexity index is 637. The summed E-state index contributed by atoms with van der Waals surface area (Å²) in [6.07, 6.45) is 0. The highest BCUT2D eigenvalue weighted by atomic mass is 19.1. The molecule has 2 amide bonds. The van der Waals surface area contributed by atoms with Gasteiger partial charge in [0.2, 0.25) is 0 Å². The van der Waals surface area contributed by atoms with Crippen LogP contribution in [0.5, 0.6) is 0 Å². The van der Waals surface area contributed by atoms with Crippen LogP contribution in [0.2, 0.25) is 0 Å². The Labute approximate surface area is 127 Å². The van der Waals surface area contributed by atoms with Gasteiger partial charge in [-0.25, -0.2) is 13.6 Å². The van der Waals surface area contributed by atoms with Crippen LogP contribution in [0, 0.1) is 11.6 Å². The Balaban J connectivity index is 1.89. The Kier molecular flexibility index (Phi) is 4.93. The smallest absolute Gasteiger partial charge is 0.319 e. The minimum absolute atomic E-state index is 0.0676. The van der Waals surface area contributed by atoms with Crippen LogP contribution in [0.3, 0.4) is 0 Å². The summed E-state index contributed by atoms with van der Waals surface area (Å²) in [5, 5.41) is 5.01. The van der Waals surface area contributed by atoms with Crippen LogP contribution in [0.4, 0.5) is 25.0 Å². The van der Waals surface area contributed by atoms with Gasteiger partial charge < -0.3 is 15.5 Å². The van der Waals surface area contributed by atoms with Gasteiger partial charge in [-0.2, -0.15) is 0 Å². The number of benzene rings is 2. The van der Waals surface area contributed by atoms with Crippen molar-refractivity contribution in [2.45, 2.75) is 6.54 Å². The molecule has 2 aromatic rings. The van der Waals surface area contributed by atoms with Gasteiger partial charge in [-0.1, -0.05) is 12.1 Å². The van der Waals surface area contributed by atoms with Gasteiger partial charge >= 0.3 is 6.03 Å². The van der Waals surface area contributed by atoms with E-state index in [2.05, 4.69) is 10.6 Å². The summed E-state index contributed by atoms with van der Waals surface area (Å²) >= 11 is 0. The highest BCUT2D eigenvalue weighted by Crippen LogP contribution is 2.13. The highest BCUT2D eigenvalue weighted by molar-refractivity contribution is 5.89. The predicted molar refractivity (Wildman–Crippen MR) is 83.0 cm³/mol. The number of carbonyl (C=O) groups excluding carboxylic acids is 1. The summed E-state index contributed by atoms with van der Waals surface area (Å²) < 4.78 is 26.0. The van der Waals surface area contributed by atoms with Gasteiger partial charge in [-0.3, -0.25) is 0 Å². The van der Waals surface area contributed by atoms with E-state index < -0.39 is 17.7 Å². The molecule has 0 bridgehead atoms. The molecule has 0 aliphatic heterocycles. The van der Waals surface area contributed by atoms with Crippen molar-refractivity contribution in [1.82, 2.24) is 5.32 Å². The Morgan fingerprint density at radius 3 is 2.18 bits per heavy atom. The average Bonchev–Trinajstić information content (AvgIpc) is 2.44. The van der Waals surface area contributed by atoms with Crippen LogP contribution in [0.25, 0.3) is 0 Å². The van der Waals surface area contributed by atoms with Crippen molar-refractivity contribution in [3.8, 4) is 0 Å². The molecule has 0 radical (unpaired) electrons. The second-order valence-electron chi connectivity index (χ2n) is 5.03. The van der Waals surface area contributed by atoms with Gasteiger partial charge in [0.25, 0.3) is 0 Å². The lowest BCUT2D eigenvalue weighted by molar-refractivity contribution is 0.251. The van der Waals surface area contributed by atoms with Gasteiger partial charge in [0.1, 0.15) is 11.6 Å². The molecule has 0 saturated carbocycles. The van der Waals surface area contributed by atoms with Gasteiger partial charge in [0.15, 0.2) is 0 Å². The summed E-state index contributed by atoms with van der Waals surface area (Å²) in [5.74, 6) is -1.48. The molecule has 0 aromatic heterocycles. The van der Waals surface area contributed by atoms with Crippen LogP contribution in [0.1, 0.15) is 5.56 Å². The third-order valence-electron chi connectivity index (χ3n) is 3.03. The number of carbonyl (C=O) groups is 1. The number of amides is 2. The van der Waals surface area contributed by atoms with Crippen molar-refractivity contribution in [3.63, 3.8) is 0 Å². The molecular formula is C16H17F2N3O. The van der Waals surface area contributed by atoms with Crippen molar-refractivity contribution in [2.75, 3.05) is 24.3 Å². The minimum atomic E-state index is -0.741. The Morgan fingerprint density at radius 2 is 1.64 bits per heavy atom. The zero-order valence-corrected chi connectivity index (χ0v) is 12.4. The standard InChI is InChI=1S/C16H17F2N3O/c1-21(2)15-5-3-11(4-6-15)10-19-16(22)20-14-8-12(17)7-13(18)9-14/h3-9H,10H2,1-2H3,(H2,19,20,22). The third kappa shape index (κ3) is 4.44. The van der Waals surface area contributed by atoms with Crippen LogP contribution in [-0.4, -0.2) is 20.1 Å². The lowest BCUT2D eigenvalue weighted by Gasteiger charge is -2.13. The maximum Gasteiger partial charge on any atom is 0.319 e. The first kappa shape index (κ1) is 15.8. The fourth-order valence-electron chi connectivity index (χ4n) is 1.90. The topological polar surface area (TPSA) is 44.4 Å². The van der Waals surface area contributed by atoms with E-state index >= 15 is 0 Å². The number of halogens is 2. The SMILES string of the molecule is CN(C)c1ccc(CNC(=O)Nc2cc(F)cc(F)c2)cc1. The minimum Gasteiger partial charge on any atom is -0.378 e. The number of hydrogen-bond donors (Lipinski definition) is 2. The van der Waals surface area contributed by atoms with Gasteiger partial charge in [-0.05, 0) is 29.8 Å². The zero-order valence-electron chi connectivity index (χ0n) is 12.4. The number of hydrogen-bond acceptors (Lipinski definition) is 2. The number of nitrogens with zero attached hydrogens (tertiary/aromatic N) is 1. The lowest BCUT2D eigenvalue weighted by atomic mass is 10.2. The van der Waals surface area contributed by atoms with Crippen molar-refractivity contribution in [1.29, 1.82) is 0 Å². The molecule has 0 aliphatic carbocycles. The largest absolute Gasteiger partial charge is 0.378 e. The lowest BCUT2D eigenvalue weighted by Crippen LogP contribution is -2.28. The molecule has 0 atom stereocenters. The molecule has 0 saturated heterocycles. The van der Waals surface area contributed by atoms with Crippen LogP contribution >= 0.6 is 0 Å². The molecule has 6 heteroatoms. The summed E-state index contributed by atoms with van der Waals surface area (Å²) in [7, 11) is 3.89. The van der Waals surface area contributed by atoms with Crippen LogP contribution in [-0.2, 0) is 6.54 Å². The first-order chi connectivity index (χ1) is 10.4. The normalized spacial score (nSPS) is 10.2. The molecule has 0 unspecified atom stereocenters. The average molecular weight is 305 g/mol. The van der Waals surface area contributed by atoms with Crippen molar-refractivity contribution in [3.05, 3.63) is 59.7 Å².